The Bertz CT molecular complexity index is 770. The fourth-order valence-corrected chi connectivity index (χ4v) is 4.52. The van der Waals surface area contributed by atoms with Gasteiger partial charge in [0.2, 0.25) is 0 Å². The molecule has 0 radical (unpaired) electrons. The highest BCUT2D eigenvalue weighted by Crippen LogP contribution is 2.41. The van der Waals surface area contributed by atoms with Crippen LogP contribution >= 0.6 is 0 Å². The molecule has 2 unspecified atom stereocenters. The SMILES string of the molecule is C=CC(CC(C)(C)C/C=C/CC/C=C/CC(C)(C)C(C)c1ccccc1)C(C)(C)C/C=C/C.CC.CCC. The summed E-state index contributed by atoms with van der Waals surface area (Å²) in [6.45, 7) is 31.2. The van der Waals surface area contributed by atoms with E-state index >= 15 is 0 Å². The minimum atomic E-state index is 0.256. The van der Waals surface area contributed by atoms with E-state index < -0.39 is 0 Å². The van der Waals surface area contributed by atoms with Crippen molar-refractivity contribution in [3.05, 3.63) is 85.0 Å². The lowest BCUT2D eigenvalue weighted by Gasteiger charge is -2.37. The molecule has 1 rings (SSSR count). The lowest BCUT2D eigenvalue weighted by atomic mass is 9.68. The zero-order chi connectivity index (χ0) is 29.7. The van der Waals surface area contributed by atoms with Crippen molar-refractivity contribution in [3.8, 4) is 0 Å². The maximum absolute atomic E-state index is 4.15. The number of unbranched alkanes of at least 4 members (excludes halogenated alkanes) is 1. The zero-order valence-corrected chi connectivity index (χ0v) is 27.7. The highest BCUT2D eigenvalue weighted by atomic mass is 14.4. The average Bonchev–Trinajstić information content (AvgIpc) is 2.89. The molecule has 1 aromatic carbocycles. The largest absolute Gasteiger partial charge is 0.103 e. The van der Waals surface area contributed by atoms with Crippen LogP contribution in [0.2, 0.25) is 0 Å². The van der Waals surface area contributed by atoms with Crippen molar-refractivity contribution in [1.82, 2.24) is 0 Å². The Morgan fingerprint density at radius 2 is 1.21 bits per heavy atom. The molecule has 38 heavy (non-hydrogen) atoms. The number of allylic oxidation sites excluding steroid dienone is 7. The van der Waals surface area contributed by atoms with Crippen LogP contribution in [-0.2, 0) is 0 Å². The monoisotopic (exact) mass is 523 g/mol. The summed E-state index contributed by atoms with van der Waals surface area (Å²) in [5.74, 6) is 1.08. The van der Waals surface area contributed by atoms with Crippen LogP contribution in [0.25, 0.3) is 0 Å². The molecule has 0 aromatic heterocycles. The summed E-state index contributed by atoms with van der Waals surface area (Å²) in [5.41, 5.74) is 2.24. The van der Waals surface area contributed by atoms with E-state index in [-0.39, 0.29) is 16.2 Å². The number of benzene rings is 1. The second-order valence-electron chi connectivity index (χ2n) is 12.7. The van der Waals surface area contributed by atoms with Crippen molar-refractivity contribution in [2.24, 2.45) is 22.2 Å². The van der Waals surface area contributed by atoms with Crippen molar-refractivity contribution in [3.63, 3.8) is 0 Å². The molecule has 0 bridgehead atoms. The van der Waals surface area contributed by atoms with E-state index in [2.05, 4.69) is 149 Å². The lowest BCUT2D eigenvalue weighted by Crippen LogP contribution is -2.27. The van der Waals surface area contributed by atoms with Gasteiger partial charge in [-0.15, -0.1) is 6.58 Å². The van der Waals surface area contributed by atoms with Crippen LogP contribution < -0.4 is 0 Å². The smallest absolute Gasteiger partial charge is 0.0136 e. The van der Waals surface area contributed by atoms with Crippen LogP contribution in [0.4, 0.5) is 0 Å². The summed E-state index contributed by atoms with van der Waals surface area (Å²) >= 11 is 0. The molecule has 0 heterocycles. The van der Waals surface area contributed by atoms with Gasteiger partial charge in [-0.1, -0.05) is 155 Å². The third-order valence-electron chi connectivity index (χ3n) is 7.56. The van der Waals surface area contributed by atoms with E-state index in [9.17, 15) is 0 Å². The molecule has 0 aliphatic rings. The van der Waals surface area contributed by atoms with Gasteiger partial charge in [0.05, 0.1) is 0 Å². The first-order valence-electron chi connectivity index (χ1n) is 15.5. The Morgan fingerprint density at radius 1 is 0.737 bits per heavy atom. The highest BCUT2D eigenvalue weighted by molar-refractivity contribution is 5.21. The van der Waals surface area contributed by atoms with Crippen LogP contribution in [0, 0.1) is 22.2 Å². The van der Waals surface area contributed by atoms with Crippen LogP contribution in [0.3, 0.4) is 0 Å². The first kappa shape index (κ1) is 38.3. The van der Waals surface area contributed by atoms with Crippen LogP contribution in [0.1, 0.15) is 140 Å². The molecule has 0 spiro atoms. The Labute approximate surface area is 240 Å². The molecule has 218 valence electrons. The van der Waals surface area contributed by atoms with Crippen molar-refractivity contribution >= 4 is 0 Å². The Balaban J connectivity index is 0. The summed E-state index contributed by atoms with van der Waals surface area (Å²) in [7, 11) is 0. The molecular weight excluding hydrogens is 456 g/mol. The van der Waals surface area contributed by atoms with Crippen LogP contribution in [0.15, 0.2) is 79.4 Å². The summed E-state index contributed by atoms with van der Waals surface area (Å²) in [5, 5.41) is 0. The van der Waals surface area contributed by atoms with Gasteiger partial charge in [-0.05, 0) is 79.1 Å². The normalized spacial score (nSPS) is 14.1. The minimum absolute atomic E-state index is 0.256. The van der Waals surface area contributed by atoms with Gasteiger partial charge in [0.15, 0.2) is 0 Å². The lowest BCUT2D eigenvalue weighted by molar-refractivity contribution is 0.179. The molecule has 2 atom stereocenters. The van der Waals surface area contributed by atoms with E-state index in [4.69, 9.17) is 0 Å². The molecule has 0 saturated carbocycles. The van der Waals surface area contributed by atoms with Crippen molar-refractivity contribution in [2.75, 3.05) is 0 Å². The summed E-state index contributed by atoms with van der Waals surface area (Å²) in [6, 6.07) is 10.9. The first-order chi connectivity index (χ1) is 17.9. The van der Waals surface area contributed by atoms with E-state index in [1.807, 2.05) is 13.8 Å². The predicted molar refractivity (Wildman–Crippen MR) is 178 cm³/mol. The van der Waals surface area contributed by atoms with E-state index in [0.717, 1.165) is 32.1 Å². The molecule has 1 aromatic rings. The molecule has 0 nitrogen and oxygen atoms in total. The average molecular weight is 523 g/mol. The maximum Gasteiger partial charge on any atom is -0.0136 e. The number of hydrogen-bond donors (Lipinski definition) is 0. The number of hydrogen-bond acceptors (Lipinski definition) is 0. The highest BCUT2D eigenvalue weighted by Gasteiger charge is 2.31. The summed E-state index contributed by atoms with van der Waals surface area (Å²) in [4.78, 5) is 0. The van der Waals surface area contributed by atoms with Crippen molar-refractivity contribution in [2.45, 2.75) is 134 Å². The first-order valence-corrected chi connectivity index (χ1v) is 15.5. The summed E-state index contributed by atoms with van der Waals surface area (Å²) in [6.07, 6.45) is 24.2. The van der Waals surface area contributed by atoms with E-state index in [0.29, 0.717) is 11.8 Å². The standard InChI is InChI=1S/C33H52.C3H8.C2H6/c1-10-12-25-33(8,9)30(11-2)27-31(4,5)24-20-15-13-14-16-21-26-32(6,7)28(3)29-22-18-17-19-23-29;1-3-2;1-2/h10-12,15-23,28,30H,2,13-14,24-27H2,1,3-9H3;3H2,1-2H3;1-2H3/b12-10+,20-15+,21-16+;;. The molecular formula is C38H66. The second kappa shape index (κ2) is 21.1. The topological polar surface area (TPSA) is 0 Å². The van der Waals surface area contributed by atoms with Crippen LogP contribution in [0.5, 0.6) is 0 Å². The number of rotatable bonds is 15. The van der Waals surface area contributed by atoms with Crippen molar-refractivity contribution in [1.29, 1.82) is 0 Å². The molecule has 0 amide bonds. The third-order valence-corrected chi connectivity index (χ3v) is 7.56. The van der Waals surface area contributed by atoms with Gasteiger partial charge in [-0.25, -0.2) is 0 Å². The zero-order valence-electron chi connectivity index (χ0n) is 27.7. The van der Waals surface area contributed by atoms with Crippen molar-refractivity contribution < 1.29 is 0 Å². The molecule has 0 aliphatic heterocycles. The summed E-state index contributed by atoms with van der Waals surface area (Å²) < 4.78 is 0. The Morgan fingerprint density at radius 3 is 1.68 bits per heavy atom. The Hall–Kier alpha value is -1.82. The molecule has 0 heteroatoms. The molecule has 0 aliphatic carbocycles. The molecule has 0 fully saturated rings. The second-order valence-corrected chi connectivity index (χ2v) is 12.7. The van der Waals surface area contributed by atoms with Gasteiger partial charge < -0.3 is 0 Å². The molecule has 0 saturated heterocycles. The predicted octanol–water partition coefficient (Wildman–Crippen LogP) is 13.1. The minimum Gasteiger partial charge on any atom is -0.103 e. The van der Waals surface area contributed by atoms with Gasteiger partial charge in [-0.2, -0.15) is 0 Å². The van der Waals surface area contributed by atoms with E-state index in [1.165, 1.54) is 18.4 Å². The fourth-order valence-electron chi connectivity index (χ4n) is 4.52. The third kappa shape index (κ3) is 16.9. The van der Waals surface area contributed by atoms with Gasteiger partial charge >= 0.3 is 0 Å². The van der Waals surface area contributed by atoms with Crippen LogP contribution in [-0.4, -0.2) is 0 Å². The maximum atomic E-state index is 4.15. The van der Waals surface area contributed by atoms with E-state index in [1.54, 1.807) is 0 Å². The van der Waals surface area contributed by atoms with Gasteiger partial charge in [0, 0.05) is 0 Å². The Kier molecular flexibility index (Phi) is 21.2. The fraction of sp³-hybridized carbons (Fsp3) is 0.632. The van der Waals surface area contributed by atoms with Gasteiger partial charge in [0.25, 0.3) is 0 Å². The van der Waals surface area contributed by atoms with Gasteiger partial charge in [0.1, 0.15) is 0 Å². The quantitative estimate of drug-likeness (QED) is 0.159. The van der Waals surface area contributed by atoms with Gasteiger partial charge in [-0.3, -0.25) is 0 Å². The molecule has 0 N–H and O–H groups in total.